The Morgan fingerprint density at radius 3 is 2.75 bits per heavy atom. The fourth-order valence-corrected chi connectivity index (χ4v) is 1.79. The molecular formula is C15H21N3O2. The van der Waals surface area contributed by atoms with E-state index in [0.29, 0.717) is 18.9 Å². The lowest BCUT2D eigenvalue weighted by molar-refractivity contribution is -0.116. The fourth-order valence-electron chi connectivity index (χ4n) is 1.79. The van der Waals surface area contributed by atoms with Gasteiger partial charge in [0.05, 0.1) is 0 Å². The molecule has 0 saturated heterocycles. The molecule has 1 aromatic carbocycles. The highest BCUT2D eigenvalue weighted by Gasteiger charge is 2.20. The van der Waals surface area contributed by atoms with Crippen molar-refractivity contribution in [1.29, 1.82) is 0 Å². The second-order valence-corrected chi connectivity index (χ2v) is 5.85. The molecule has 1 aromatic heterocycles. The van der Waals surface area contributed by atoms with Crippen molar-refractivity contribution >= 4 is 22.7 Å². The molecule has 0 aliphatic heterocycles. The van der Waals surface area contributed by atoms with Crippen LogP contribution in [0.2, 0.25) is 0 Å². The Labute approximate surface area is 118 Å². The summed E-state index contributed by atoms with van der Waals surface area (Å²) in [5.74, 6) is 0.685. The van der Waals surface area contributed by atoms with Gasteiger partial charge in [-0.3, -0.25) is 4.79 Å². The van der Waals surface area contributed by atoms with Crippen LogP contribution in [0.15, 0.2) is 22.6 Å². The van der Waals surface area contributed by atoms with E-state index in [4.69, 9.17) is 4.42 Å². The number of carbonyl (C=O) groups excluding carboxylic acids is 1. The summed E-state index contributed by atoms with van der Waals surface area (Å²) in [4.78, 5) is 16.2. The molecule has 0 aliphatic carbocycles. The van der Waals surface area contributed by atoms with Gasteiger partial charge in [-0.2, -0.15) is 0 Å². The molecule has 2 aromatic rings. The zero-order chi connectivity index (χ0) is 14.8. The predicted molar refractivity (Wildman–Crippen MR) is 79.9 cm³/mol. The monoisotopic (exact) mass is 275 g/mol. The Balaban J connectivity index is 2.19. The maximum Gasteiger partial charge on any atom is 0.225 e. The lowest BCUT2D eigenvalue weighted by Crippen LogP contribution is -2.18. The maximum atomic E-state index is 11.7. The van der Waals surface area contributed by atoms with Crippen molar-refractivity contribution in [3.8, 4) is 0 Å². The molecule has 108 valence electrons. The van der Waals surface area contributed by atoms with E-state index in [2.05, 4.69) is 36.4 Å². The summed E-state index contributed by atoms with van der Waals surface area (Å²) in [5, 5.41) is 5.80. The van der Waals surface area contributed by atoms with E-state index in [1.165, 1.54) is 0 Å². The number of oxazole rings is 1. The van der Waals surface area contributed by atoms with Crippen LogP contribution in [0.25, 0.3) is 11.1 Å². The van der Waals surface area contributed by atoms with E-state index in [9.17, 15) is 4.79 Å². The topological polar surface area (TPSA) is 67.2 Å². The predicted octanol–water partition coefficient (Wildman–Crippen LogP) is 2.67. The average Bonchev–Trinajstić information content (AvgIpc) is 2.79. The third-order valence-electron chi connectivity index (χ3n) is 2.91. The van der Waals surface area contributed by atoms with E-state index >= 15 is 0 Å². The summed E-state index contributed by atoms with van der Waals surface area (Å²) < 4.78 is 5.72. The van der Waals surface area contributed by atoms with Crippen LogP contribution in [-0.2, 0) is 10.2 Å². The van der Waals surface area contributed by atoms with Gasteiger partial charge in [-0.15, -0.1) is 0 Å². The second-order valence-electron chi connectivity index (χ2n) is 5.85. The molecule has 0 bridgehead atoms. The summed E-state index contributed by atoms with van der Waals surface area (Å²) >= 11 is 0. The van der Waals surface area contributed by atoms with Crippen LogP contribution in [-0.4, -0.2) is 24.5 Å². The number of nitrogens with zero attached hydrogens (tertiary/aromatic N) is 1. The van der Waals surface area contributed by atoms with Crippen LogP contribution >= 0.6 is 0 Å². The first kappa shape index (κ1) is 14.5. The molecule has 1 amide bonds. The Bertz CT molecular complexity index is 611. The van der Waals surface area contributed by atoms with Gasteiger partial charge in [-0.05, 0) is 25.2 Å². The number of hydrogen-bond donors (Lipinski definition) is 2. The normalized spacial score (nSPS) is 11.8. The quantitative estimate of drug-likeness (QED) is 0.900. The van der Waals surface area contributed by atoms with Crippen molar-refractivity contribution in [2.24, 2.45) is 0 Å². The molecule has 20 heavy (non-hydrogen) atoms. The lowest BCUT2D eigenvalue weighted by Gasteiger charge is -2.11. The van der Waals surface area contributed by atoms with Crippen molar-refractivity contribution in [2.75, 3.05) is 18.9 Å². The first-order chi connectivity index (χ1) is 9.40. The molecule has 0 spiro atoms. The van der Waals surface area contributed by atoms with Crippen LogP contribution in [0.5, 0.6) is 0 Å². The van der Waals surface area contributed by atoms with Gasteiger partial charge in [0.1, 0.15) is 5.52 Å². The van der Waals surface area contributed by atoms with E-state index in [-0.39, 0.29) is 11.3 Å². The third kappa shape index (κ3) is 3.36. The molecule has 0 saturated carbocycles. The summed E-state index contributed by atoms with van der Waals surface area (Å²) in [6.07, 6.45) is 0.445. The van der Waals surface area contributed by atoms with E-state index in [0.717, 1.165) is 16.8 Å². The van der Waals surface area contributed by atoms with Crippen LogP contribution in [0, 0.1) is 0 Å². The first-order valence-electron chi connectivity index (χ1n) is 6.75. The summed E-state index contributed by atoms with van der Waals surface area (Å²) in [6.45, 7) is 6.82. The molecule has 0 fully saturated rings. The molecule has 5 heteroatoms. The van der Waals surface area contributed by atoms with Gasteiger partial charge in [0.2, 0.25) is 11.8 Å². The van der Waals surface area contributed by atoms with Gasteiger partial charge >= 0.3 is 0 Å². The van der Waals surface area contributed by atoms with E-state index in [1.807, 2.05) is 25.2 Å². The third-order valence-corrected chi connectivity index (χ3v) is 2.91. The molecular weight excluding hydrogens is 254 g/mol. The smallest absolute Gasteiger partial charge is 0.225 e. The molecule has 1 heterocycles. The van der Waals surface area contributed by atoms with Crippen LogP contribution in [0.1, 0.15) is 33.1 Å². The van der Waals surface area contributed by atoms with Gasteiger partial charge in [-0.25, -0.2) is 4.98 Å². The minimum absolute atomic E-state index is 0.0155. The number of aromatic nitrogens is 1. The highest BCUT2D eigenvalue weighted by Crippen LogP contribution is 2.27. The fraction of sp³-hybridized carbons (Fsp3) is 0.467. The van der Waals surface area contributed by atoms with Crippen LogP contribution in [0.3, 0.4) is 0 Å². The number of benzene rings is 1. The number of anilines is 1. The number of rotatable bonds is 4. The Morgan fingerprint density at radius 1 is 1.35 bits per heavy atom. The zero-order valence-corrected chi connectivity index (χ0v) is 12.4. The van der Waals surface area contributed by atoms with Crippen LogP contribution < -0.4 is 10.6 Å². The summed E-state index contributed by atoms with van der Waals surface area (Å²) in [7, 11) is 1.82. The largest absolute Gasteiger partial charge is 0.440 e. The minimum atomic E-state index is -0.130. The molecule has 0 radical (unpaired) electrons. The summed E-state index contributed by atoms with van der Waals surface area (Å²) in [5.41, 5.74) is 2.12. The standard InChI is InChI=1S/C15H21N3O2/c1-15(2,3)14-18-11-9-10(5-6-12(11)20-14)17-13(19)7-8-16-4/h5-6,9,16H,7-8H2,1-4H3,(H,17,19). The van der Waals surface area contributed by atoms with Crippen molar-refractivity contribution in [3.05, 3.63) is 24.1 Å². The molecule has 2 N–H and O–H groups in total. The Hall–Kier alpha value is -1.88. The Morgan fingerprint density at radius 2 is 2.10 bits per heavy atom. The van der Waals surface area contributed by atoms with Gasteiger partial charge in [-0.1, -0.05) is 20.8 Å². The first-order valence-corrected chi connectivity index (χ1v) is 6.75. The van der Waals surface area contributed by atoms with Crippen molar-refractivity contribution in [1.82, 2.24) is 10.3 Å². The molecule has 2 rings (SSSR count). The molecule has 0 aliphatic rings. The zero-order valence-electron chi connectivity index (χ0n) is 12.4. The number of carbonyl (C=O) groups is 1. The molecule has 0 atom stereocenters. The average molecular weight is 275 g/mol. The number of hydrogen-bond acceptors (Lipinski definition) is 4. The lowest BCUT2D eigenvalue weighted by atomic mass is 9.97. The minimum Gasteiger partial charge on any atom is -0.440 e. The van der Waals surface area contributed by atoms with Gasteiger partial charge in [0.25, 0.3) is 0 Å². The Kier molecular flexibility index (Phi) is 4.09. The number of nitrogens with one attached hydrogen (secondary N) is 2. The van der Waals surface area contributed by atoms with Gasteiger partial charge < -0.3 is 15.1 Å². The van der Waals surface area contributed by atoms with Crippen molar-refractivity contribution < 1.29 is 9.21 Å². The second kappa shape index (κ2) is 5.63. The SMILES string of the molecule is CNCCC(=O)Nc1ccc2oc(C(C)(C)C)nc2c1. The number of fused-ring (bicyclic) bond motifs is 1. The molecule has 5 nitrogen and oxygen atoms in total. The highest BCUT2D eigenvalue weighted by atomic mass is 16.3. The van der Waals surface area contributed by atoms with Crippen LogP contribution in [0.4, 0.5) is 5.69 Å². The van der Waals surface area contributed by atoms with Gasteiger partial charge in [0, 0.05) is 24.1 Å². The highest BCUT2D eigenvalue weighted by molar-refractivity contribution is 5.92. The summed E-state index contributed by atoms with van der Waals surface area (Å²) in [6, 6.07) is 5.51. The van der Waals surface area contributed by atoms with Crippen molar-refractivity contribution in [2.45, 2.75) is 32.6 Å². The van der Waals surface area contributed by atoms with Crippen molar-refractivity contribution in [3.63, 3.8) is 0 Å². The number of amides is 1. The van der Waals surface area contributed by atoms with Gasteiger partial charge in [0.15, 0.2) is 5.58 Å². The molecule has 0 unspecified atom stereocenters. The van der Waals surface area contributed by atoms with E-state index in [1.54, 1.807) is 0 Å². The van der Waals surface area contributed by atoms with E-state index < -0.39 is 0 Å². The maximum absolute atomic E-state index is 11.7.